The Hall–Kier alpha value is -1.82. The molecule has 1 aliphatic heterocycles. The third-order valence-corrected chi connectivity index (χ3v) is 3.21. The van der Waals surface area contributed by atoms with Gasteiger partial charge in [-0.25, -0.2) is 8.78 Å². The van der Waals surface area contributed by atoms with E-state index < -0.39 is 11.6 Å². The predicted octanol–water partition coefficient (Wildman–Crippen LogP) is 2.36. The van der Waals surface area contributed by atoms with Crippen molar-refractivity contribution in [3.8, 4) is 0 Å². The first kappa shape index (κ1) is 12.2. The van der Waals surface area contributed by atoms with Crippen LogP contribution in [0.25, 0.3) is 0 Å². The van der Waals surface area contributed by atoms with Crippen LogP contribution < -0.4 is 5.32 Å². The normalized spacial score (nSPS) is 18.9. The van der Waals surface area contributed by atoms with Crippen molar-refractivity contribution in [2.45, 2.75) is 25.3 Å². The van der Waals surface area contributed by atoms with Gasteiger partial charge in [0, 0.05) is 12.5 Å². The van der Waals surface area contributed by atoms with Crippen LogP contribution in [0.5, 0.6) is 0 Å². The number of halogens is 2. The first-order valence-corrected chi connectivity index (χ1v) is 6.22. The van der Waals surface area contributed by atoms with Crippen LogP contribution in [-0.4, -0.2) is 16.7 Å². The standard InChI is InChI=1S/C13H13F2N3O/c14-9-4-3-8(10(15)7-9)6-12-17-13(19-18-12)11-2-1-5-16-11/h3-4,7,11,16H,1-2,5-6H2/t11-/m0/s1. The number of benzene rings is 1. The molecule has 1 atom stereocenters. The summed E-state index contributed by atoms with van der Waals surface area (Å²) in [6.07, 6.45) is 2.24. The van der Waals surface area contributed by atoms with Crippen LogP contribution in [0.1, 0.15) is 36.2 Å². The number of aromatic nitrogens is 2. The van der Waals surface area contributed by atoms with Crippen LogP contribution in [-0.2, 0) is 6.42 Å². The molecular formula is C13H13F2N3O. The summed E-state index contributed by atoms with van der Waals surface area (Å²) in [5.74, 6) is -0.236. The highest BCUT2D eigenvalue weighted by atomic mass is 19.1. The zero-order valence-electron chi connectivity index (χ0n) is 10.2. The van der Waals surface area contributed by atoms with Gasteiger partial charge in [0.2, 0.25) is 5.89 Å². The fourth-order valence-corrected chi connectivity index (χ4v) is 2.21. The predicted molar refractivity (Wildman–Crippen MR) is 63.4 cm³/mol. The molecule has 1 aromatic heterocycles. The first-order chi connectivity index (χ1) is 9.22. The van der Waals surface area contributed by atoms with Crippen LogP contribution in [0.4, 0.5) is 8.78 Å². The van der Waals surface area contributed by atoms with Crippen LogP contribution in [0, 0.1) is 11.6 Å². The maximum absolute atomic E-state index is 13.5. The van der Waals surface area contributed by atoms with Gasteiger partial charge in [-0.1, -0.05) is 11.2 Å². The van der Waals surface area contributed by atoms with Crippen molar-refractivity contribution >= 4 is 0 Å². The van der Waals surface area contributed by atoms with E-state index in [1.165, 1.54) is 12.1 Å². The molecule has 19 heavy (non-hydrogen) atoms. The minimum Gasteiger partial charge on any atom is -0.338 e. The second-order valence-electron chi connectivity index (χ2n) is 4.61. The minimum atomic E-state index is -0.592. The monoisotopic (exact) mass is 265 g/mol. The molecule has 4 nitrogen and oxygen atoms in total. The summed E-state index contributed by atoms with van der Waals surface area (Å²) >= 11 is 0. The lowest BCUT2D eigenvalue weighted by Crippen LogP contribution is -2.13. The molecule has 0 amide bonds. The number of nitrogens with zero attached hydrogens (tertiary/aromatic N) is 2. The fourth-order valence-electron chi connectivity index (χ4n) is 2.21. The molecule has 3 rings (SSSR count). The van der Waals surface area contributed by atoms with Gasteiger partial charge >= 0.3 is 0 Å². The quantitative estimate of drug-likeness (QED) is 0.925. The zero-order chi connectivity index (χ0) is 13.2. The second-order valence-corrected chi connectivity index (χ2v) is 4.61. The van der Waals surface area contributed by atoms with Crippen molar-refractivity contribution in [3.63, 3.8) is 0 Å². The van der Waals surface area contributed by atoms with Gasteiger partial charge in [-0.2, -0.15) is 4.98 Å². The molecule has 0 bridgehead atoms. The lowest BCUT2D eigenvalue weighted by Gasteiger charge is -2.01. The molecule has 0 spiro atoms. The smallest absolute Gasteiger partial charge is 0.243 e. The van der Waals surface area contributed by atoms with Crippen molar-refractivity contribution in [1.82, 2.24) is 15.5 Å². The van der Waals surface area contributed by atoms with Crippen molar-refractivity contribution < 1.29 is 13.3 Å². The van der Waals surface area contributed by atoms with E-state index in [0.717, 1.165) is 25.5 Å². The van der Waals surface area contributed by atoms with Crippen LogP contribution >= 0.6 is 0 Å². The van der Waals surface area contributed by atoms with Gasteiger partial charge in [-0.05, 0) is 31.0 Å². The maximum atomic E-state index is 13.5. The van der Waals surface area contributed by atoms with E-state index in [1.54, 1.807) is 0 Å². The molecule has 6 heteroatoms. The van der Waals surface area contributed by atoms with E-state index in [-0.39, 0.29) is 12.5 Å². The van der Waals surface area contributed by atoms with Gasteiger partial charge in [-0.15, -0.1) is 0 Å². The Balaban J connectivity index is 1.76. The highest BCUT2D eigenvalue weighted by Gasteiger charge is 2.22. The van der Waals surface area contributed by atoms with Gasteiger partial charge < -0.3 is 9.84 Å². The van der Waals surface area contributed by atoms with E-state index in [2.05, 4.69) is 15.5 Å². The Morgan fingerprint density at radius 2 is 2.26 bits per heavy atom. The molecule has 1 saturated heterocycles. The molecule has 0 radical (unpaired) electrons. The lowest BCUT2D eigenvalue weighted by atomic mass is 10.1. The van der Waals surface area contributed by atoms with Gasteiger partial charge in [0.05, 0.1) is 6.04 Å². The first-order valence-electron chi connectivity index (χ1n) is 6.22. The summed E-state index contributed by atoms with van der Waals surface area (Å²) in [7, 11) is 0. The number of nitrogens with one attached hydrogen (secondary N) is 1. The van der Waals surface area contributed by atoms with Crippen molar-refractivity contribution in [2.75, 3.05) is 6.54 Å². The molecule has 0 unspecified atom stereocenters. The molecule has 1 aromatic carbocycles. The lowest BCUT2D eigenvalue weighted by molar-refractivity contribution is 0.341. The highest BCUT2D eigenvalue weighted by Crippen LogP contribution is 2.22. The van der Waals surface area contributed by atoms with Crippen LogP contribution in [0.15, 0.2) is 22.7 Å². The van der Waals surface area contributed by atoms with Gasteiger partial charge in [0.1, 0.15) is 11.6 Å². The summed E-state index contributed by atoms with van der Waals surface area (Å²) < 4.78 is 31.5. The Bertz CT molecular complexity index is 579. The third-order valence-electron chi connectivity index (χ3n) is 3.21. The van der Waals surface area contributed by atoms with Crippen molar-refractivity contribution in [1.29, 1.82) is 0 Å². The number of rotatable bonds is 3. The molecule has 2 heterocycles. The Morgan fingerprint density at radius 1 is 1.37 bits per heavy atom. The van der Waals surface area contributed by atoms with E-state index >= 15 is 0 Å². The molecule has 0 aliphatic carbocycles. The zero-order valence-corrected chi connectivity index (χ0v) is 10.2. The topological polar surface area (TPSA) is 51.0 Å². The summed E-state index contributed by atoms with van der Waals surface area (Å²) in [4.78, 5) is 4.25. The van der Waals surface area contributed by atoms with E-state index in [0.29, 0.717) is 17.3 Å². The Kier molecular flexibility index (Phi) is 3.25. The summed E-state index contributed by atoms with van der Waals surface area (Å²) in [5.41, 5.74) is 0.355. The number of hydrogen-bond donors (Lipinski definition) is 1. The molecule has 1 aliphatic rings. The Morgan fingerprint density at radius 3 is 3.00 bits per heavy atom. The summed E-state index contributed by atoms with van der Waals surface area (Å²) in [5, 5.41) is 7.08. The van der Waals surface area contributed by atoms with Gasteiger partial charge in [0.15, 0.2) is 5.82 Å². The second kappa shape index (κ2) is 5.05. The molecular weight excluding hydrogens is 252 g/mol. The SMILES string of the molecule is Fc1ccc(Cc2noc([C@@H]3CCCN3)n2)c(F)c1. The van der Waals surface area contributed by atoms with E-state index in [1.807, 2.05) is 0 Å². The summed E-state index contributed by atoms with van der Waals surface area (Å²) in [6.45, 7) is 0.939. The molecule has 1 N–H and O–H groups in total. The van der Waals surface area contributed by atoms with Crippen LogP contribution in [0.2, 0.25) is 0 Å². The van der Waals surface area contributed by atoms with Crippen molar-refractivity contribution in [2.24, 2.45) is 0 Å². The largest absolute Gasteiger partial charge is 0.338 e. The van der Waals surface area contributed by atoms with E-state index in [9.17, 15) is 8.78 Å². The summed E-state index contributed by atoms with van der Waals surface area (Å²) in [6, 6.07) is 3.57. The average molecular weight is 265 g/mol. The third kappa shape index (κ3) is 2.63. The minimum absolute atomic E-state index is 0.0966. The molecule has 0 saturated carbocycles. The molecule has 2 aromatic rings. The van der Waals surface area contributed by atoms with Crippen molar-refractivity contribution in [3.05, 3.63) is 47.1 Å². The highest BCUT2D eigenvalue weighted by molar-refractivity contribution is 5.21. The molecule has 1 fully saturated rings. The van der Waals surface area contributed by atoms with Crippen LogP contribution in [0.3, 0.4) is 0 Å². The van der Waals surface area contributed by atoms with Gasteiger partial charge in [0.25, 0.3) is 0 Å². The maximum Gasteiger partial charge on any atom is 0.243 e. The Labute approximate surface area is 108 Å². The van der Waals surface area contributed by atoms with E-state index in [4.69, 9.17) is 4.52 Å². The number of hydrogen-bond acceptors (Lipinski definition) is 4. The molecule has 100 valence electrons. The fraction of sp³-hybridized carbons (Fsp3) is 0.385. The average Bonchev–Trinajstić information content (AvgIpc) is 3.03. The van der Waals surface area contributed by atoms with Gasteiger partial charge in [-0.3, -0.25) is 0 Å².